The first-order valence-corrected chi connectivity index (χ1v) is 7.96. The molecule has 1 unspecified atom stereocenters. The monoisotopic (exact) mass is 297 g/mol. The molecule has 0 aliphatic heterocycles. The zero-order valence-corrected chi connectivity index (χ0v) is 12.9. The largest absolute Gasteiger partial charge is 0.481 e. The van der Waals surface area contributed by atoms with Crippen LogP contribution in [0.2, 0.25) is 0 Å². The van der Waals surface area contributed by atoms with Crippen LogP contribution in [0, 0.1) is 12.8 Å². The zero-order valence-electron chi connectivity index (χ0n) is 12.1. The van der Waals surface area contributed by atoms with Gasteiger partial charge < -0.3 is 15.5 Å². The van der Waals surface area contributed by atoms with Gasteiger partial charge in [-0.3, -0.25) is 4.79 Å². The third-order valence-electron chi connectivity index (χ3n) is 4.19. The second kappa shape index (κ2) is 6.24. The molecule has 1 heterocycles. The summed E-state index contributed by atoms with van der Waals surface area (Å²) in [5.74, 6) is -1.02. The molecule has 1 atom stereocenters. The fourth-order valence-electron chi connectivity index (χ4n) is 2.71. The molecule has 0 saturated heterocycles. The van der Waals surface area contributed by atoms with Crippen molar-refractivity contribution in [2.45, 2.75) is 51.2 Å². The summed E-state index contributed by atoms with van der Waals surface area (Å²) in [6.45, 7) is 4.70. The molecule has 5 heteroatoms. The lowest BCUT2D eigenvalue weighted by Gasteiger charge is -2.35. The maximum absolute atomic E-state index is 10.9. The van der Waals surface area contributed by atoms with E-state index in [9.17, 15) is 9.90 Å². The molecule has 0 spiro atoms. The van der Waals surface area contributed by atoms with E-state index < -0.39 is 11.6 Å². The number of hydrogen-bond donors (Lipinski definition) is 3. The minimum absolute atomic E-state index is 0.218. The van der Waals surface area contributed by atoms with Gasteiger partial charge in [0.05, 0.1) is 11.5 Å². The van der Waals surface area contributed by atoms with Crippen LogP contribution in [-0.2, 0) is 4.79 Å². The van der Waals surface area contributed by atoms with Gasteiger partial charge in [0.25, 0.3) is 0 Å². The Bertz CT molecular complexity index is 463. The summed E-state index contributed by atoms with van der Waals surface area (Å²) in [7, 11) is 0. The highest BCUT2D eigenvalue weighted by atomic mass is 32.1. The standard InChI is InChI=1S/C15H23NO3S/c1-10-3-4-13(20-10)11(2)16-9-15(19)7-5-12(6-8-15)14(17)18/h3-4,11-12,16,19H,5-9H2,1-2H3,(H,17,18). The number of aryl methyl sites for hydroxylation is 1. The van der Waals surface area contributed by atoms with Gasteiger partial charge in [0.1, 0.15) is 0 Å². The fourth-order valence-corrected chi connectivity index (χ4v) is 3.61. The zero-order chi connectivity index (χ0) is 14.8. The van der Waals surface area contributed by atoms with Gasteiger partial charge in [-0.2, -0.15) is 0 Å². The Kier molecular flexibility index (Phi) is 4.83. The quantitative estimate of drug-likeness (QED) is 0.781. The molecule has 0 bridgehead atoms. The van der Waals surface area contributed by atoms with Crippen molar-refractivity contribution in [2.75, 3.05) is 6.54 Å². The number of rotatable bonds is 5. The van der Waals surface area contributed by atoms with Crippen LogP contribution in [0.15, 0.2) is 12.1 Å². The molecular weight excluding hydrogens is 274 g/mol. The minimum Gasteiger partial charge on any atom is -0.481 e. The lowest BCUT2D eigenvalue weighted by molar-refractivity contribution is -0.144. The smallest absolute Gasteiger partial charge is 0.306 e. The van der Waals surface area contributed by atoms with Crippen LogP contribution in [0.25, 0.3) is 0 Å². The van der Waals surface area contributed by atoms with E-state index in [0.29, 0.717) is 32.2 Å². The van der Waals surface area contributed by atoms with E-state index in [4.69, 9.17) is 5.11 Å². The fraction of sp³-hybridized carbons (Fsp3) is 0.667. The molecule has 2 rings (SSSR count). The average molecular weight is 297 g/mol. The molecule has 1 aromatic rings. The van der Waals surface area contributed by atoms with E-state index in [1.807, 2.05) is 0 Å². The lowest BCUT2D eigenvalue weighted by Crippen LogP contribution is -2.45. The number of carbonyl (C=O) groups is 1. The Morgan fingerprint density at radius 3 is 2.65 bits per heavy atom. The summed E-state index contributed by atoms with van der Waals surface area (Å²) in [6, 6.07) is 4.43. The molecule has 1 saturated carbocycles. The second-order valence-corrected chi connectivity index (χ2v) is 7.21. The number of carboxylic acids is 1. The summed E-state index contributed by atoms with van der Waals surface area (Å²) >= 11 is 1.76. The van der Waals surface area contributed by atoms with Crippen molar-refractivity contribution >= 4 is 17.3 Å². The lowest BCUT2D eigenvalue weighted by atomic mass is 9.78. The van der Waals surface area contributed by atoms with Crippen molar-refractivity contribution in [3.63, 3.8) is 0 Å². The van der Waals surface area contributed by atoms with Gasteiger partial charge in [0, 0.05) is 22.3 Å². The molecule has 0 aromatic carbocycles. The van der Waals surface area contributed by atoms with Crippen molar-refractivity contribution in [1.82, 2.24) is 5.32 Å². The van der Waals surface area contributed by atoms with Crippen molar-refractivity contribution in [2.24, 2.45) is 5.92 Å². The molecule has 0 radical (unpaired) electrons. The first kappa shape index (κ1) is 15.5. The highest BCUT2D eigenvalue weighted by molar-refractivity contribution is 7.12. The molecule has 112 valence electrons. The summed E-state index contributed by atoms with van der Waals surface area (Å²) < 4.78 is 0. The van der Waals surface area contributed by atoms with Crippen molar-refractivity contribution < 1.29 is 15.0 Å². The summed E-state index contributed by atoms with van der Waals surface area (Å²) in [4.78, 5) is 13.5. The van der Waals surface area contributed by atoms with Crippen molar-refractivity contribution in [1.29, 1.82) is 0 Å². The minimum atomic E-state index is -0.757. The van der Waals surface area contributed by atoms with E-state index in [0.717, 1.165) is 0 Å². The first-order chi connectivity index (χ1) is 9.39. The Morgan fingerprint density at radius 2 is 2.15 bits per heavy atom. The van der Waals surface area contributed by atoms with Crippen LogP contribution in [0.5, 0.6) is 0 Å². The number of nitrogens with one attached hydrogen (secondary N) is 1. The van der Waals surface area contributed by atoms with Gasteiger partial charge in [-0.1, -0.05) is 0 Å². The molecule has 4 nitrogen and oxygen atoms in total. The predicted molar refractivity (Wildman–Crippen MR) is 80.0 cm³/mol. The van der Waals surface area contributed by atoms with Gasteiger partial charge >= 0.3 is 5.97 Å². The van der Waals surface area contributed by atoms with Crippen molar-refractivity contribution in [3.05, 3.63) is 21.9 Å². The maximum Gasteiger partial charge on any atom is 0.306 e. The third kappa shape index (κ3) is 3.81. The normalized spacial score (nSPS) is 28.2. The van der Waals surface area contributed by atoms with Gasteiger partial charge in [-0.25, -0.2) is 0 Å². The van der Waals surface area contributed by atoms with Crippen LogP contribution in [0.3, 0.4) is 0 Å². The number of carboxylic acid groups (broad SMARTS) is 1. The molecule has 1 aliphatic carbocycles. The van der Waals surface area contributed by atoms with Gasteiger partial charge in [0.15, 0.2) is 0 Å². The van der Waals surface area contributed by atoms with Crippen LogP contribution >= 0.6 is 11.3 Å². The predicted octanol–water partition coefficient (Wildman–Crippen LogP) is 2.71. The maximum atomic E-state index is 10.9. The first-order valence-electron chi connectivity index (χ1n) is 7.14. The van der Waals surface area contributed by atoms with E-state index in [2.05, 4.69) is 31.3 Å². The second-order valence-electron chi connectivity index (χ2n) is 5.89. The highest BCUT2D eigenvalue weighted by Gasteiger charge is 2.35. The van der Waals surface area contributed by atoms with Crippen LogP contribution < -0.4 is 5.32 Å². The van der Waals surface area contributed by atoms with Gasteiger partial charge in [-0.15, -0.1) is 11.3 Å². The highest BCUT2D eigenvalue weighted by Crippen LogP contribution is 2.32. The number of hydrogen-bond acceptors (Lipinski definition) is 4. The van der Waals surface area contributed by atoms with Crippen molar-refractivity contribution in [3.8, 4) is 0 Å². The Morgan fingerprint density at radius 1 is 1.50 bits per heavy atom. The van der Waals surface area contributed by atoms with Crippen LogP contribution in [0.4, 0.5) is 0 Å². The molecule has 1 aromatic heterocycles. The summed E-state index contributed by atoms with van der Waals surface area (Å²) in [6.07, 6.45) is 2.26. The van der Waals surface area contributed by atoms with E-state index in [-0.39, 0.29) is 12.0 Å². The SMILES string of the molecule is Cc1ccc(C(C)NCC2(O)CCC(C(=O)O)CC2)s1. The molecule has 1 aliphatic rings. The van der Waals surface area contributed by atoms with Gasteiger partial charge in [-0.05, 0) is 51.7 Å². The third-order valence-corrected chi connectivity index (χ3v) is 5.37. The Labute approximate surface area is 123 Å². The molecule has 1 fully saturated rings. The van der Waals surface area contributed by atoms with E-state index in [1.54, 1.807) is 11.3 Å². The number of aliphatic hydroxyl groups is 1. The Hall–Kier alpha value is -0.910. The summed E-state index contributed by atoms with van der Waals surface area (Å²) in [5, 5.41) is 22.9. The van der Waals surface area contributed by atoms with Gasteiger partial charge in [0.2, 0.25) is 0 Å². The number of aliphatic carboxylic acids is 1. The molecular formula is C15H23NO3S. The molecule has 3 N–H and O–H groups in total. The average Bonchev–Trinajstić information content (AvgIpc) is 2.83. The number of thiophene rings is 1. The van der Waals surface area contributed by atoms with E-state index >= 15 is 0 Å². The summed E-state index contributed by atoms with van der Waals surface area (Å²) in [5.41, 5.74) is -0.757. The van der Waals surface area contributed by atoms with Crippen LogP contribution in [0.1, 0.15) is 48.4 Å². The van der Waals surface area contributed by atoms with Crippen LogP contribution in [-0.4, -0.2) is 28.3 Å². The Balaban J connectivity index is 1.83. The molecule has 20 heavy (non-hydrogen) atoms. The molecule has 0 amide bonds. The topological polar surface area (TPSA) is 69.6 Å². The van der Waals surface area contributed by atoms with E-state index in [1.165, 1.54) is 9.75 Å².